The molecular weight excluding hydrogens is 340 g/mol. The molecule has 0 heterocycles. The zero-order valence-corrected chi connectivity index (χ0v) is 15.9. The van der Waals surface area contributed by atoms with Crippen LogP contribution in [0, 0.1) is 10.1 Å². The molecule has 0 aliphatic rings. The van der Waals surface area contributed by atoms with Gasteiger partial charge in [-0.05, 0) is 18.9 Å². The molecule has 8 nitrogen and oxygen atoms in total. The van der Waals surface area contributed by atoms with Crippen LogP contribution >= 0.6 is 0 Å². The van der Waals surface area contributed by atoms with Crippen LogP contribution in [0.25, 0.3) is 0 Å². The van der Waals surface area contributed by atoms with Crippen molar-refractivity contribution in [2.45, 2.75) is 46.1 Å². The van der Waals surface area contributed by atoms with Crippen molar-refractivity contribution in [3.63, 3.8) is 0 Å². The van der Waals surface area contributed by atoms with Crippen molar-refractivity contribution in [3.05, 3.63) is 27.8 Å². The molecule has 1 rings (SSSR count). The molecular formula is C18H28N2O6. The lowest BCUT2D eigenvalue weighted by Crippen LogP contribution is -2.33. The molecule has 0 N–H and O–H groups in total. The summed E-state index contributed by atoms with van der Waals surface area (Å²) in [6.07, 6.45) is 3.25. The first-order valence-corrected chi connectivity index (χ1v) is 8.79. The summed E-state index contributed by atoms with van der Waals surface area (Å²) in [5.74, 6) is 0.597. The fourth-order valence-electron chi connectivity index (χ4n) is 2.42. The highest BCUT2D eigenvalue weighted by Crippen LogP contribution is 2.34. The number of hydrogen-bond acceptors (Lipinski definition) is 6. The standard InChI is InChI=1S/C18H28N2O6/c1-5-7-9-19(10-8-6-2)18(21)26-13-14-11-16(24-3)17(25-4)12-15(14)20(22)23/h11-12H,5-10,13H2,1-4H3. The Bertz CT molecular complexity index is 598. The predicted octanol–water partition coefficient (Wildman–Crippen LogP) is 4.15. The number of unbranched alkanes of at least 4 members (excludes halogenated alkanes) is 2. The maximum Gasteiger partial charge on any atom is 0.410 e. The Labute approximate surface area is 154 Å². The minimum absolute atomic E-state index is 0.177. The van der Waals surface area contributed by atoms with Crippen molar-refractivity contribution < 1.29 is 23.9 Å². The van der Waals surface area contributed by atoms with Crippen LogP contribution < -0.4 is 9.47 Å². The van der Waals surface area contributed by atoms with Gasteiger partial charge in [0.15, 0.2) is 11.5 Å². The molecule has 0 aliphatic heterocycles. The molecule has 26 heavy (non-hydrogen) atoms. The Morgan fingerprint density at radius 1 is 1.08 bits per heavy atom. The second-order valence-electron chi connectivity index (χ2n) is 5.84. The molecule has 146 valence electrons. The van der Waals surface area contributed by atoms with Crippen molar-refractivity contribution in [2.75, 3.05) is 27.3 Å². The van der Waals surface area contributed by atoms with E-state index in [9.17, 15) is 14.9 Å². The van der Waals surface area contributed by atoms with E-state index in [0.717, 1.165) is 25.7 Å². The highest BCUT2D eigenvalue weighted by molar-refractivity contribution is 5.68. The van der Waals surface area contributed by atoms with Crippen molar-refractivity contribution in [2.24, 2.45) is 0 Å². The van der Waals surface area contributed by atoms with Crippen molar-refractivity contribution in [3.8, 4) is 11.5 Å². The maximum atomic E-state index is 12.4. The molecule has 1 aromatic carbocycles. The molecule has 0 bridgehead atoms. The highest BCUT2D eigenvalue weighted by Gasteiger charge is 2.22. The molecule has 0 saturated heterocycles. The minimum atomic E-state index is -0.531. The number of amides is 1. The molecule has 1 aromatic rings. The normalized spacial score (nSPS) is 10.3. The Hall–Kier alpha value is -2.51. The molecule has 0 unspecified atom stereocenters. The minimum Gasteiger partial charge on any atom is -0.493 e. The third-order valence-electron chi connectivity index (χ3n) is 3.95. The van der Waals surface area contributed by atoms with Crippen LogP contribution in [-0.4, -0.2) is 43.2 Å². The third-order valence-corrected chi connectivity index (χ3v) is 3.95. The summed E-state index contributed by atoms with van der Waals surface area (Å²) in [6, 6.07) is 2.74. The van der Waals surface area contributed by atoms with Crippen LogP contribution in [0.2, 0.25) is 0 Å². The summed E-state index contributed by atoms with van der Waals surface area (Å²) in [6.45, 7) is 5.13. The SMILES string of the molecule is CCCCN(CCCC)C(=O)OCc1cc(OC)c(OC)cc1[N+](=O)[O-]. The number of carbonyl (C=O) groups excluding carboxylic acids is 1. The van der Waals surface area contributed by atoms with Gasteiger partial charge in [-0.15, -0.1) is 0 Å². The fourth-order valence-corrected chi connectivity index (χ4v) is 2.42. The first kappa shape index (κ1) is 21.5. The molecule has 8 heteroatoms. The molecule has 0 atom stereocenters. The number of hydrogen-bond donors (Lipinski definition) is 0. The van der Waals surface area contributed by atoms with E-state index >= 15 is 0 Å². The molecule has 0 radical (unpaired) electrons. The summed E-state index contributed by atoms with van der Waals surface area (Å²) in [7, 11) is 2.84. The third kappa shape index (κ3) is 6.09. The molecule has 0 spiro atoms. The number of nitrogens with zero attached hydrogens (tertiary/aromatic N) is 2. The number of methoxy groups -OCH3 is 2. The van der Waals surface area contributed by atoms with Gasteiger partial charge < -0.3 is 19.1 Å². The lowest BCUT2D eigenvalue weighted by Gasteiger charge is -2.22. The van der Waals surface area contributed by atoms with Gasteiger partial charge in [0.2, 0.25) is 0 Å². The maximum absolute atomic E-state index is 12.4. The van der Waals surface area contributed by atoms with Gasteiger partial charge in [-0.3, -0.25) is 10.1 Å². The van der Waals surface area contributed by atoms with E-state index in [1.54, 1.807) is 4.90 Å². The summed E-state index contributed by atoms with van der Waals surface area (Å²) in [4.78, 5) is 24.8. The van der Waals surface area contributed by atoms with Gasteiger partial charge in [0.05, 0.1) is 30.8 Å². The average molecular weight is 368 g/mol. The largest absolute Gasteiger partial charge is 0.493 e. The molecule has 0 saturated carbocycles. The van der Waals surface area contributed by atoms with E-state index in [1.807, 2.05) is 0 Å². The van der Waals surface area contributed by atoms with Gasteiger partial charge in [-0.25, -0.2) is 4.79 Å². The van der Waals surface area contributed by atoms with Gasteiger partial charge >= 0.3 is 6.09 Å². The lowest BCUT2D eigenvalue weighted by atomic mass is 10.1. The van der Waals surface area contributed by atoms with Gasteiger partial charge in [-0.2, -0.15) is 0 Å². The van der Waals surface area contributed by atoms with Crippen LogP contribution in [0.3, 0.4) is 0 Å². The van der Waals surface area contributed by atoms with Gasteiger partial charge in [0, 0.05) is 13.1 Å². The summed E-state index contributed by atoms with van der Waals surface area (Å²) < 4.78 is 15.6. The predicted molar refractivity (Wildman–Crippen MR) is 97.8 cm³/mol. The Balaban J connectivity index is 2.92. The average Bonchev–Trinajstić information content (AvgIpc) is 2.65. The van der Waals surface area contributed by atoms with Crippen molar-refractivity contribution in [1.29, 1.82) is 0 Å². The van der Waals surface area contributed by atoms with Crippen molar-refractivity contribution in [1.82, 2.24) is 4.90 Å². The first-order chi connectivity index (χ1) is 12.5. The number of benzene rings is 1. The second kappa shape index (κ2) is 11.2. The molecule has 0 aromatic heterocycles. The summed E-state index contributed by atoms with van der Waals surface area (Å²) in [5, 5.41) is 11.3. The topological polar surface area (TPSA) is 91.1 Å². The summed E-state index contributed by atoms with van der Waals surface area (Å²) >= 11 is 0. The van der Waals surface area contributed by atoms with E-state index in [2.05, 4.69) is 13.8 Å². The zero-order chi connectivity index (χ0) is 19.5. The number of carbonyl (C=O) groups is 1. The number of nitro benzene ring substituents is 1. The van der Waals surface area contributed by atoms with E-state index in [4.69, 9.17) is 14.2 Å². The van der Waals surface area contributed by atoms with Gasteiger partial charge in [-0.1, -0.05) is 26.7 Å². The molecule has 0 aliphatic carbocycles. The smallest absolute Gasteiger partial charge is 0.410 e. The van der Waals surface area contributed by atoms with E-state index in [1.165, 1.54) is 26.4 Å². The highest BCUT2D eigenvalue weighted by atomic mass is 16.6. The van der Waals surface area contributed by atoms with Crippen molar-refractivity contribution >= 4 is 11.8 Å². The van der Waals surface area contributed by atoms with Crippen LogP contribution in [0.15, 0.2) is 12.1 Å². The first-order valence-electron chi connectivity index (χ1n) is 8.79. The quantitative estimate of drug-likeness (QED) is 0.430. The molecule has 0 fully saturated rings. The number of ether oxygens (including phenoxy) is 3. The lowest BCUT2D eigenvalue weighted by molar-refractivity contribution is -0.385. The van der Waals surface area contributed by atoms with Gasteiger partial charge in [0.25, 0.3) is 5.69 Å². The van der Waals surface area contributed by atoms with Crippen LogP contribution in [-0.2, 0) is 11.3 Å². The summed E-state index contributed by atoms with van der Waals surface area (Å²) in [5.41, 5.74) is 0.0797. The Morgan fingerprint density at radius 3 is 2.08 bits per heavy atom. The zero-order valence-electron chi connectivity index (χ0n) is 15.9. The second-order valence-corrected chi connectivity index (χ2v) is 5.84. The Kier molecular flexibility index (Phi) is 9.25. The number of nitro groups is 1. The van der Waals surface area contributed by atoms with Gasteiger partial charge in [0.1, 0.15) is 6.61 Å². The van der Waals surface area contributed by atoms with E-state index in [-0.39, 0.29) is 23.6 Å². The fraction of sp³-hybridized carbons (Fsp3) is 0.611. The van der Waals surface area contributed by atoms with Crippen LogP contribution in [0.1, 0.15) is 45.1 Å². The Morgan fingerprint density at radius 2 is 1.62 bits per heavy atom. The molecule has 1 amide bonds. The van der Waals surface area contributed by atoms with E-state index in [0.29, 0.717) is 18.8 Å². The van der Waals surface area contributed by atoms with E-state index < -0.39 is 11.0 Å². The van der Waals surface area contributed by atoms with Crippen LogP contribution in [0.4, 0.5) is 10.5 Å². The van der Waals surface area contributed by atoms with Crippen LogP contribution in [0.5, 0.6) is 11.5 Å². The monoisotopic (exact) mass is 368 g/mol. The number of rotatable bonds is 11.